The first-order valence-corrected chi connectivity index (χ1v) is 9.04. The van der Waals surface area contributed by atoms with Gasteiger partial charge in [-0.3, -0.25) is 4.79 Å². The third-order valence-electron chi connectivity index (χ3n) is 4.04. The number of alkyl halides is 3. The summed E-state index contributed by atoms with van der Waals surface area (Å²) in [5.74, 6) is -0.432. The number of H-pyrrole nitrogens is 1. The van der Waals surface area contributed by atoms with E-state index >= 15 is 0 Å². The van der Waals surface area contributed by atoms with Crippen molar-refractivity contribution < 1.29 is 33.0 Å². The molecule has 0 radical (unpaired) electrons. The fourth-order valence-corrected chi connectivity index (χ4v) is 2.85. The van der Waals surface area contributed by atoms with Gasteiger partial charge in [-0.05, 0) is 0 Å². The molecular formula is C20H16F3N5NiO. The number of pyridine rings is 2. The van der Waals surface area contributed by atoms with Crippen LogP contribution in [-0.4, -0.2) is 25.9 Å². The van der Waals surface area contributed by atoms with E-state index in [0.717, 1.165) is 17.6 Å². The molecule has 3 rings (SSSR count). The van der Waals surface area contributed by atoms with Crippen LogP contribution in [0, 0.1) is 0 Å². The Morgan fingerprint density at radius 1 is 1.17 bits per heavy atom. The van der Waals surface area contributed by atoms with Gasteiger partial charge in [-0.1, -0.05) is 0 Å². The molecule has 0 fully saturated rings. The molecule has 30 heavy (non-hydrogen) atoms. The number of nitrogens with one attached hydrogen (secondary N) is 3. The van der Waals surface area contributed by atoms with Crippen molar-refractivity contribution in [3.8, 4) is 0 Å². The number of rotatable bonds is 6. The summed E-state index contributed by atoms with van der Waals surface area (Å²) in [5, 5.41) is 5.76. The molecule has 0 atom stereocenters. The first-order chi connectivity index (χ1) is 14.1. The number of hydrogen-bond acceptors (Lipinski definition) is 4. The molecular weight excluding hydrogens is 442 g/mol. The zero-order valence-corrected chi connectivity index (χ0v) is 16.6. The quantitative estimate of drug-likeness (QED) is 0.479. The normalized spacial score (nSPS) is 11.3. The standard InChI is InChI=1S/C20H16F3N5O.Ni/c1-10(2)16-6-13-5-14(8-25-19(13)28-16)11(3)26-17-7-15(27-12(4)29)9-24-18(17)20(21,22)23;/h1,5-9,26H,2-3H2,4H3,(H,25,28)(H,27,29);. The third-order valence-corrected chi connectivity index (χ3v) is 4.38. The van der Waals surface area contributed by atoms with Crippen LogP contribution >= 0.6 is 0 Å². The molecule has 10 heteroatoms. The fraction of sp³-hybridized carbons (Fsp3) is 0.100. The van der Waals surface area contributed by atoms with Crippen molar-refractivity contribution in [3.63, 3.8) is 0 Å². The molecule has 3 N–H and O–H groups in total. The van der Waals surface area contributed by atoms with Gasteiger partial charge < -0.3 is 5.32 Å². The monoisotopic (exact) mass is 457 g/mol. The van der Waals surface area contributed by atoms with Gasteiger partial charge in [0, 0.05) is 6.92 Å². The Balaban J connectivity index is 1.95. The fourth-order valence-electron chi connectivity index (χ4n) is 2.69. The number of hydrogen-bond donors (Lipinski definition) is 3. The van der Waals surface area contributed by atoms with Gasteiger partial charge in [0.1, 0.15) is 0 Å². The van der Waals surface area contributed by atoms with E-state index < -0.39 is 17.8 Å². The van der Waals surface area contributed by atoms with E-state index in [4.69, 9.17) is 0 Å². The van der Waals surface area contributed by atoms with Gasteiger partial charge in [0.2, 0.25) is 5.91 Å². The van der Waals surface area contributed by atoms with Gasteiger partial charge in [-0.2, -0.15) is 13.2 Å². The van der Waals surface area contributed by atoms with Crippen molar-refractivity contribution in [2.75, 3.05) is 10.6 Å². The van der Waals surface area contributed by atoms with Crippen molar-refractivity contribution in [2.24, 2.45) is 0 Å². The average Bonchev–Trinajstić information content (AvgIpc) is 3.09. The molecule has 1 amide bonds. The van der Waals surface area contributed by atoms with Crippen molar-refractivity contribution in [1.82, 2.24) is 15.0 Å². The Bertz CT molecular complexity index is 1180. The number of nitrogens with zero attached hydrogens (tertiary/aromatic N) is 2. The molecule has 0 spiro atoms. The van der Waals surface area contributed by atoms with Crippen molar-refractivity contribution in [1.29, 1.82) is 0 Å². The summed E-state index contributed by atoms with van der Waals surface area (Å²) in [6.45, 7) is 8.89. The zero-order valence-electron chi connectivity index (χ0n) is 15.6. The first-order valence-electron chi connectivity index (χ1n) is 8.47. The molecule has 0 unspecified atom stereocenters. The second kappa shape index (κ2) is 8.24. The van der Waals surface area contributed by atoms with E-state index in [1.807, 2.05) is 0 Å². The Hall–Kier alpha value is -3.26. The molecule has 3 aromatic rings. The molecule has 0 saturated carbocycles. The van der Waals surface area contributed by atoms with E-state index in [1.165, 1.54) is 18.1 Å². The number of allylic oxidation sites excluding steroid dienone is 1. The van der Waals surface area contributed by atoms with Crippen LogP contribution in [0.4, 0.5) is 24.5 Å². The Morgan fingerprint density at radius 3 is 2.53 bits per heavy atom. The minimum atomic E-state index is -4.70. The van der Waals surface area contributed by atoms with Crippen LogP contribution in [0.2, 0.25) is 0 Å². The van der Waals surface area contributed by atoms with E-state index in [2.05, 4.69) is 53.8 Å². The molecule has 0 aliphatic heterocycles. The van der Waals surface area contributed by atoms with E-state index in [9.17, 15) is 18.0 Å². The summed E-state index contributed by atoms with van der Waals surface area (Å²) in [6, 6.07) is 4.65. The predicted octanol–water partition coefficient (Wildman–Crippen LogP) is 4.38. The average molecular weight is 458 g/mol. The summed E-state index contributed by atoms with van der Waals surface area (Å²) in [6.07, 6.45) is -2.28. The second-order valence-electron chi connectivity index (χ2n) is 6.36. The maximum absolute atomic E-state index is 13.4. The Labute approximate surface area is 177 Å². The van der Waals surface area contributed by atoms with E-state index in [0.29, 0.717) is 22.5 Å². The molecule has 0 aliphatic rings. The number of carbonyl (C=O) groups excluding carboxylic acids is 1. The Kier molecular flexibility index (Phi) is 5.89. The van der Waals surface area contributed by atoms with Crippen LogP contribution < -0.4 is 10.6 Å². The van der Waals surface area contributed by atoms with E-state index in [1.54, 1.807) is 12.1 Å². The van der Waals surface area contributed by atoms with Crippen LogP contribution in [0.15, 0.2) is 43.8 Å². The summed E-state index contributed by atoms with van der Waals surface area (Å²) in [7, 11) is 0. The van der Waals surface area contributed by atoms with Crippen molar-refractivity contribution in [3.05, 3.63) is 60.7 Å². The molecule has 0 aromatic carbocycles. The number of carbonyl (C=O) groups is 1. The summed E-state index contributed by atoms with van der Waals surface area (Å²) in [5.41, 5.74) is 1.20. The second-order valence-corrected chi connectivity index (χ2v) is 6.65. The van der Waals surface area contributed by atoms with Gasteiger partial charge in [-0.15, -0.1) is 0 Å². The number of amides is 1. The number of anilines is 2. The van der Waals surface area contributed by atoms with Crippen molar-refractivity contribution >= 4 is 44.6 Å². The summed E-state index contributed by atoms with van der Waals surface area (Å²) < 4.78 is 40.1. The summed E-state index contributed by atoms with van der Waals surface area (Å²) >= 11 is 4.57. The van der Waals surface area contributed by atoms with Crippen LogP contribution in [-0.2, 0) is 26.0 Å². The SMILES string of the molecule is C=C(Nc1cc(NC(C)=O)cnc1C(F)(F)F)c1cnc2[nH]c(C(=C)[CH]=[Ni])cc2c1. The van der Waals surface area contributed by atoms with Gasteiger partial charge in [0.15, 0.2) is 0 Å². The Morgan fingerprint density at radius 2 is 1.90 bits per heavy atom. The molecule has 3 aromatic heterocycles. The maximum atomic E-state index is 13.4. The molecule has 0 saturated heterocycles. The third kappa shape index (κ3) is 4.65. The molecule has 6 nitrogen and oxygen atoms in total. The molecule has 0 bridgehead atoms. The van der Waals surface area contributed by atoms with Crippen LogP contribution in [0.3, 0.4) is 0 Å². The molecule has 3 heterocycles. The molecule has 158 valence electrons. The van der Waals surface area contributed by atoms with Gasteiger partial charge in [0.05, 0.1) is 6.20 Å². The summed E-state index contributed by atoms with van der Waals surface area (Å²) in [4.78, 5) is 23.5. The zero-order chi connectivity index (χ0) is 22.1. The number of aromatic amines is 1. The van der Waals surface area contributed by atoms with Gasteiger partial charge in [0.25, 0.3) is 0 Å². The predicted molar refractivity (Wildman–Crippen MR) is 107 cm³/mol. The molecule has 0 aliphatic carbocycles. The minimum absolute atomic E-state index is 0.120. The van der Waals surface area contributed by atoms with E-state index in [-0.39, 0.29) is 17.1 Å². The number of fused-ring (bicyclic) bond motifs is 1. The van der Waals surface area contributed by atoms with Gasteiger partial charge in [-0.25, -0.2) is 0 Å². The topological polar surface area (TPSA) is 82.7 Å². The van der Waals surface area contributed by atoms with Crippen molar-refractivity contribution in [2.45, 2.75) is 13.1 Å². The number of halogens is 3. The first kappa shape index (κ1) is 21.5. The van der Waals surface area contributed by atoms with Crippen LogP contribution in [0.1, 0.15) is 23.9 Å². The number of aromatic nitrogens is 3. The van der Waals surface area contributed by atoms with Gasteiger partial charge >= 0.3 is 135 Å². The van der Waals surface area contributed by atoms with Crippen LogP contribution in [0.25, 0.3) is 22.3 Å². The van der Waals surface area contributed by atoms with Crippen LogP contribution in [0.5, 0.6) is 0 Å².